The molecule has 6 unspecified atom stereocenters. The molecule has 0 amide bonds. The molecule has 12 nitrogen and oxygen atoms in total. The van der Waals surface area contributed by atoms with Crippen molar-refractivity contribution in [3.05, 3.63) is 85.1 Å². The fraction of sp³-hybridized carbons (Fsp3) is 0.695. The molecule has 1 fully saturated rings. The second-order valence-corrected chi connectivity index (χ2v) is 18.5. The van der Waals surface area contributed by atoms with Gasteiger partial charge in [0.15, 0.2) is 24.6 Å². The van der Waals surface area contributed by atoms with Crippen LogP contribution in [0.3, 0.4) is 0 Å². The van der Waals surface area contributed by atoms with E-state index in [1.165, 1.54) is 64.2 Å². The molecule has 0 bridgehead atoms. The number of aliphatic carboxylic acids is 1. The molecule has 71 heavy (non-hydrogen) atoms. The van der Waals surface area contributed by atoms with Gasteiger partial charge in [0.05, 0.1) is 13.0 Å². The van der Waals surface area contributed by atoms with Crippen molar-refractivity contribution in [2.75, 3.05) is 13.2 Å². The molecule has 0 aliphatic carbocycles. The molecule has 1 aliphatic heterocycles. The van der Waals surface area contributed by atoms with Crippen molar-refractivity contribution in [3.8, 4) is 0 Å². The molecule has 3 N–H and O–H groups in total. The van der Waals surface area contributed by atoms with Crippen LogP contribution < -0.4 is 0 Å². The number of carboxylic acid groups (broad SMARTS) is 1. The zero-order valence-electron chi connectivity index (χ0n) is 44.2. The van der Waals surface area contributed by atoms with Crippen molar-refractivity contribution in [1.82, 2.24) is 0 Å². The van der Waals surface area contributed by atoms with Gasteiger partial charge in [0.25, 0.3) is 0 Å². The molecular weight excluding hydrogens is 901 g/mol. The molecule has 1 heterocycles. The second kappa shape index (κ2) is 46.9. The molecule has 404 valence electrons. The number of aliphatic hydroxyl groups excluding tert-OH is 2. The first-order valence-corrected chi connectivity index (χ1v) is 27.6. The number of ether oxygens (including phenoxy) is 5. The quantitative estimate of drug-likeness (QED) is 0.0228. The number of allylic oxidation sites excluding steroid dienone is 13. The van der Waals surface area contributed by atoms with E-state index >= 15 is 0 Å². The summed E-state index contributed by atoms with van der Waals surface area (Å²) < 4.78 is 28.2. The van der Waals surface area contributed by atoms with Gasteiger partial charge in [-0.1, -0.05) is 202 Å². The maximum atomic E-state index is 13.1. The molecule has 6 atom stereocenters. The van der Waals surface area contributed by atoms with E-state index in [-0.39, 0.29) is 25.9 Å². The lowest BCUT2D eigenvalue weighted by molar-refractivity contribution is -0.301. The van der Waals surface area contributed by atoms with Crippen molar-refractivity contribution in [3.63, 3.8) is 0 Å². The van der Waals surface area contributed by atoms with Crippen molar-refractivity contribution in [2.45, 2.75) is 250 Å². The number of hydrogen-bond acceptors (Lipinski definition) is 11. The summed E-state index contributed by atoms with van der Waals surface area (Å²) in [6.45, 7) is 5.77. The highest BCUT2D eigenvalue weighted by Gasteiger charge is 2.50. The molecule has 0 saturated carbocycles. The van der Waals surface area contributed by atoms with Gasteiger partial charge in [-0.05, 0) is 77.0 Å². The number of carbonyl (C=O) groups is 4. The number of aliphatic hydroxyl groups is 2. The maximum Gasteiger partial charge on any atom is 0.335 e. The predicted octanol–water partition coefficient (Wildman–Crippen LogP) is 13.6. The summed E-state index contributed by atoms with van der Waals surface area (Å²) in [6, 6.07) is 0. The van der Waals surface area contributed by atoms with Crippen LogP contribution in [-0.4, -0.2) is 89.2 Å². The third kappa shape index (κ3) is 37.3. The van der Waals surface area contributed by atoms with Gasteiger partial charge < -0.3 is 39.0 Å². The van der Waals surface area contributed by atoms with E-state index in [1.807, 2.05) is 12.2 Å². The Balaban J connectivity index is 2.77. The Hall–Kier alpha value is -4.10. The van der Waals surface area contributed by atoms with E-state index in [4.69, 9.17) is 23.7 Å². The number of carbonyl (C=O) groups excluding carboxylic acids is 3. The highest BCUT2D eigenvalue weighted by atomic mass is 16.7. The van der Waals surface area contributed by atoms with Crippen LogP contribution >= 0.6 is 0 Å². The van der Waals surface area contributed by atoms with Crippen LogP contribution in [0.15, 0.2) is 85.1 Å². The van der Waals surface area contributed by atoms with Crippen LogP contribution in [0.1, 0.15) is 213 Å². The number of unbranched alkanes of at least 4 members (excludes halogenated alkanes) is 18. The van der Waals surface area contributed by atoms with E-state index in [1.54, 1.807) is 12.2 Å². The topological polar surface area (TPSA) is 175 Å². The van der Waals surface area contributed by atoms with Gasteiger partial charge in [0, 0.05) is 12.8 Å². The van der Waals surface area contributed by atoms with E-state index in [0.717, 1.165) is 89.9 Å². The highest BCUT2D eigenvalue weighted by Crippen LogP contribution is 2.26. The number of esters is 3. The largest absolute Gasteiger partial charge is 0.479 e. The molecular formula is C59H96O12. The summed E-state index contributed by atoms with van der Waals surface area (Å²) >= 11 is 0. The van der Waals surface area contributed by atoms with E-state index in [0.29, 0.717) is 19.3 Å². The SMILES string of the molecule is CC/C=C\C/C=C\C/C=C\C/C=C\C/C=C\CC(=O)OC1C(OCC(COC(=O)CCCCCCC/C=C\C/C=C\CCCCC)OC(=O)CCCCCCCCCCCCC)OC(C(=O)O)C(O)C1O. The van der Waals surface area contributed by atoms with Gasteiger partial charge >= 0.3 is 23.9 Å². The third-order valence-electron chi connectivity index (χ3n) is 12.0. The van der Waals surface area contributed by atoms with Crippen molar-refractivity contribution in [2.24, 2.45) is 0 Å². The standard InChI is InChI=1S/C59H96O12/c1-4-7-10-13-16-19-22-24-26-28-31-33-36-39-42-45-51(60)67-48-50(69-52(61)46-43-40-37-34-30-21-18-15-12-9-6-3)49-68-59-57(55(64)54(63)56(71-59)58(65)66)70-53(62)47-44-41-38-35-32-29-27-25-23-20-17-14-11-8-5-2/h8,11,16-17,19-20,24-27,32,35,41,44,50,54-57,59,63-64H,4-7,9-10,12-15,18,21-23,28-31,33-34,36-40,42-43,45-49H2,1-3H3,(H,65,66)/b11-8-,19-16-,20-17-,26-24-,27-25-,35-32-,44-41-. The second-order valence-electron chi connectivity index (χ2n) is 18.5. The zero-order valence-corrected chi connectivity index (χ0v) is 44.2. The summed E-state index contributed by atoms with van der Waals surface area (Å²) in [5.74, 6) is -3.30. The Morgan fingerprint density at radius 3 is 1.45 bits per heavy atom. The monoisotopic (exact) mass is 997 g/mol. The first kappa shape index (κ1) is 64.9. The minimum absolute atomic E-state index is 0.148. The molecule has 0 radical (unpaired) electrons. The van der Waals surface area contributed by atoms with Crippen LogP contribution in [-0.2, 0) is 42.9 Å². The molecule has 1 saturated heterocycles. The molecule has 12 heteroatoms. The smallest absolute Gasteiger partial charge is 0.335 e. The van der Waals surface area contributed by atoms with Crippen molar-refractivity contribution in [1.29, 1.82) is 0 Å². The van der Waals surface area contributed by atoms with Gasteiger partial charge in [-0.2, -0.15) is 0 Å². The van der Waals surface area contributed by atoms with E-state index < -0.39 is 67.3 Å². The van der Waals surface area contributed by atoms with Gasteiger partial charge in [0.2, 0.25) is 0 Å². The van der Waals surface area contributed by atoms with Gasteiger partial charge in [0.1, 0.15) is 18.8 Å². The third-order valence-corrected chi connectivity index (χ3v) is 12.0. The summed E-state index contributed by atoms with van der Waals surface area (Å²) in [4.78, 5) is 50.9. The lowest BCUT2D eigenvalue weighted by Crippen LogP contribution is -2.61. The zero-order chi connectivity index (χ0) is 51.8. The van der Waals surface area contributed by atoms with Crippen molar-refractivity contribution < 1.29 is 58.2 Å². The lowest BCUT2D eigenvalue weighted by Gasteiger charge is -2.40. The molecule has 1 aliphatic rings. The minimum Gasteiger partial charge on any atom is -0.479 e. The lowest BCUT2D eigenvalue weighted by atomic mass is 9.98. The molecule has 0 aromatic carbocycles. The average molecular weight is 997 g/mol. The molecule has 0 aromatic rings. The highest BCUT2D eigenvalue weighted by molar-refractivity contribution is 5.74. The fourth-order valence-corrected chi connectivity index (χ4v) is 7.77. The number of hydrogen-bond donors (Lipinski definition) is 3. The number of rotatable bonds is 45. The average Bonchev–Trinajstić information content (AvgIpc) is 3.35. The Labute approximate surface area is 429 Å². The first-order chi connectivity index (χ1) is 34.6. The summed E-state index contributed by atoms with van der Waals surface area (Å²) in [6.07, 6.45) is 47.3. The van der Waals surface area contributed by atoms with Crippen LogP contribution in [0.5, 0.6) is 0 Å². The van der Waals surface area contributed by atoms with Gasteiger partial charge in [-0.15, -0.1) is 0 Å². The molecule has 0 aromatic heterocycles. The fourth-order valence-electron chi connectivity index (χ4n) is 7.77. The Kier molecular flexibility index (Phi) is 42.9. The van der Waals surface area contributed by atoms with Crippen LogP contribution in [0, 0.1) is 0 Å². The first-order valence-electron chi connectivity index (χ1n) is 27.6. The Morgan fingerprint density at radius 1 is 0.493 bits per heavy atom. The van der Waals surface area contributed by atoms with Crippen LogP contribution in [0.25, 0.3) is 0 Å². The predicted molar refractivity (Wildman–Crippen MR) is 284 cm³/mol. The maximum absolute atomic E-state index is 13.1. The Bertz CT molecular complexity index is 1560. The van der Waals surface area contributed by atoms with E-state index in [9.17, 15) is 34.5 Å². The normalized spacial score (nSPS) is 19.1. The Morgan fingerprint density at radius 2 is 0.930 bits per heavy atom. The van der Waals surface area contributed by atoms with Gasteiger partial charge in [-0.3, -0.25) is 14.4 Å². The molecule has 0 spiro atoms. The van der Waals surface area contributed by atoms with Crippen molar-refractivity contribution >= 4 is 23.9 Å². The minimum atomic E-state index is -1.94. The summed E-state index contributed by atoms with van der Waals surface area (Å²) in [5, 5.41) is 31.3. The molecule has 1 rings (SSSR count). The number of carboxylic acids is 1. The van der Waals surface area contributed by atoms with E-state index in [2.05, 4.69) is 81.5 Å². The van der Waals surface area contributed by atoms with Crippen LogP contribution in [0.4, 0.5) is 0 Å². The van der Waals surface area contributed by atoms with Crippen LogP contribution in [0.2, 0.25) is 0 Å². The van der Waals surface area contributed by atoms with Gasteiger partial charge in [-0.25, -0.2) is 4.79 Å². The summed E-state index contributed by atoms with van der Waals surface area (Å²) in [5.41, 5.74) is 0. The summed E-state index contributed by atoms with van der Waals surface area (Å²) in [7, 11) is 0.